The molecule has 0 spiro atoms. The zero-order valence-electron chi connectivity index (χ0n) is 25.9. The van der Waals surface area contributed by atoms with E-state index in [-0.39, 0.29) is 48.7 Å². The fourth-order valence-electron chi connectivity index (χ4n) is 5.31. The van der Waals surface area contributed by atoms with Crippen LogP contribution in [-0.2, 0) is 30.8 Å². The van der Waals surface area contributed by atoms with Crippen LogP contribution >= 0.6 is 0 Å². The highest BCUT2D eigenvalue weighted by Gasteiger charge is 2.33. The van der Waals surface area contributed by atoms with Gasteiger partial charge in [-0.05, 0) is 49.4 Å². The lowest BCUT2D eigenvalue weighted by atomic mass is 10.0. The van der Waals surface area contributed by atoms with Crippen LogP contribution < -0.4 is 14.8 Å². The van der Waals surface area contributed by atoms with E-state index in [1.165, 1.54) is 30.6 Å². The summed E-state index contributed by atoms with van der Waals surface area (Å²) in [7, 11) is -0.844. The van der Waals surface area contributed by atoms with Crippen LogP contribution in [0.2, 0.25) is 0 Å². The van der Waals surface area contributed by atoms with Crippen LogP contribution in [0.4, 0.5) is 5.69 Å². The SMILES string of the molecule is COc1ccc(S(=O)(=O)N(C)C[C@H]2Oc3ccc(NC(=O)CCN4CCOCC4)cc3CC(=O)N([C@H](C)CO)C[C@H]2C)cc1. The number of carbonyl (C=O) groups is 2. The van der Waals surface area contributed by atoms with Crippen molar-refractivity contribution in [1.29, 1.82) is 0 Å². The van der Waals surface area contributed by atoms with Gasteiger partial charge >= 0.3 is 0 Å². The van der Waals surface area contributed by atoms with Crippen molar-refractivity contribution in [2.45, 2.75) is 43.7 Å². The van der Waals surface area contributed by atoms with Gasteiger partial charge in [-0.15, -0.1) is 0 Å². The number of anilines is 1. The van der Waals surface area contributed by atoms with E-state index in [1.807, 2.05) is 6.92 Å². The molecule has 2 aliphatic heterocycles. The van der Waals surface area contributed by atoms with E-state index in [2.05, 4.69) is 10.2 Å². The molecule has 4 rings (SSSR count). The van der Waals surface area contributed by atoms with Crippen LogP contribution in [0.5, 0.6) is 11.5 Å². The first-order valence-electron chi connectivity index (χ1n) is 14.9. The maximum absolute atomic E-state index is 13.5. The predicted molar refractivity (Wildman–Crippen MR) is 165 cm³/mol. The Morgan fingerprint density at radius 1 is 1.18 bits per heavy atom. The number of methoxy groups -OCH3 is 1. The Labute approximate surface area is 259 Å². The van der Waals surface area contributed by atoms with E-state index in [9.17, 15) is 23.1 Å². The monoisotopic (exact) mass is 632 g/mol. The highest BCUT2D eigenvalue weighted by atomic mass is 32.2. The molecule has 13 heteroatoms. The lowest BCUT2D eigenvalue weighted by Gasteiger charge is -2.33. The molecule has 2 N–H and O–H groups in total. The number of hydrogen-bond acceptors (Lipinski definition) is 9. The molecular formula is C31H44N4O8S. The first kappa shape index (κ1) is 33.7. The second-order valence-electron chi connectivity index (χ2n) is 11.4. The first-order valence-corrected chi connectivity index (χ1v) is 16.4. The summed E-state index contributed by atoms with van der Waals surface area (Å²) in [6, 6.07) is 10.9. The summed E-state index contributed by atoms with van der Waals surface area (Å²) in [5.74, 6) is 0.368. The maximum Gasteiger partial charge on any atom is 0.242 e. The number of morpholine rings is 1. The summed E-state index contributed by atoms with van der Waals surface area (Å²) >= 11 is 0. The van der Waals surface area contributed by atoms with Gasteiger partial charge in [0.1, 0.15) is 17.6 Å². The summed E-state index contributed by atoms with van der Waals surface area (Å²) in [5.41, 5.74) is 1.10. The molecule has 0 saturated carbocycles. The van der Waals surface area contributed by atoms with Crippen LogP contribution in [-0.4, -0.2) is 118 Å². The molecule has 2 aromatic rings. The Morgan fingerprint density at radius 2 is 1.89 bits per heavy atom. The van der Waals surface area contributed by atoms with E-state index < -0.39 is 22.2 Å². The third-order valence-electron chi connectivity index (χ3n) is 8.16. The average Bonchev–Trinajstić information content (AvgIpc) is 3.07. The van der Waals surface area contributed by atoms with Gasteiger partial charge in [-0.25, -0.2) is 8.42 Å². The number of aliphatic hydroxyl groups is 1. The highest BCUT2D eigenvalue weighted by molar-refractivity contribution is 7.89. The molecule has 242 valence electrons. The Kier molecular flexibility index (Phi) is 11.6. The average molecular weight is 633 g/mol. The zero-order chi connectivity index (χ0) is 31.9. The smallest absolute Gasteiger partial charge is 0.242 e. The molecule has 2 amide bonds. The van der Waals surface area contributed by atoms with Crippen LogP contribution in [0.1, 0.15) is 25.8 Å². The van der Waals surface area contributed by atoms with E-state index in [1.54, 1.807) is 42.2 Å². The number of nitrogens with one attached hydrogen (secondary N) is 1. The topological polar surface area (TPSA) is 138 Å². The number of carbonyl (C=O) groups excluding carboxylic acids is 2. The number of aliphatic hydroxyl groups excluding tert-OH is 1. The highest BCUT2D eigenvalue weighted by Crippen LogP contribution is 2.30. The number of nitrogens with zero attached hydrogens (tertiary/aromatic N) is 3. The molecule has 0 unspecified atom stereocenters. The third-order valence-corrected chi connectivity index (χ3v) is 10.0. The number of benzene rings is 2. The van der Waals surface area contributed by atoms with E-state index in [4.69, 9.17) is 14.2 Å². The number of rotatable bonds is 11. The summed E-state index contributed by atoms with van der Waals surface area (Å²) in [5, 5.41) is 12.8. The van der Waals surface area contributed by atoms with Gasteiger partial charge in [0.2, 0.25) is 21.8 Å². The predicted octanol–water partition coefficient (Wildman–Crippen LogP) is 1.83. The van der Waals surface area contributed by atoms with Gasteiger partial charge in [0, 0.05) is 56.8 Å². The molecule has 1 saturated heterocycles. The minimum atomic E-state index is -3.85. The molecule has 3 atom stereocenters. The quantitative estimate of drug-likeness (QED) is 0.380. The Hall–Kier alpha value is -3.23. The summed E-state index contributed by atoms with van der Waals surface area (Å²) < 4.78 is 45.1. The summed E-state index contributed by atoms with van der Waals surface area (Å²) in [4.78, 5) is 30.2. The Bertz CT molecular complexity index is 1380. The molecule has 44 heavy (non-hydrogen) atoms. The molecule has 0 aromatic heterocycles. The molecule has 0 aliphatic carbocycles. The molecule has 2 aliphatic rings. The number of fused-ring (bicyclic) bond motifs is 1. The number of sulfonamides is 1. The number of ether oxygens (including phenoxy) is 3. The Balaban J connectivity index is 1.55. The second kappa shape index (κ2) is 15.2. The number of hydrogen-bond donors (Lipinski definition) is 2. The molecule has 12 nitrogen and oxygen atoms in total. The molecule has 2 heterocycles. The minimum Gasteiger partial charge on any atom is -0.497 e. The van der Waals surface area contributed by atoms with Gasteiger partial charge in [-0.3, -0.25) is 14.5 Å². The molecule has 0 bridgehead atoms. The van der Waals surface area contributed by atoms with Crippen LogP contribution in [0, 0.1) is 5.92 Å². The lowest BCUT2D eigenvalue weighted by molar-refractivity contribution is -0.134. The maximum atomic E-state index is 13.5. The minimum absolute atomic E-state index is 0.00339. The molecular weight excluding hydrogens is 588 g/mol. The van der Waals surface area contributed by atoms with Crippen molar-refractivity contribution in [1.82, 2.24) is 14.1 Å². The van der Waals surface area contributed by atoms with Crippen molar-refractivity contribution in [3.05, 3.63) is 48.0 Å². The van der Waals surface area contributed by atoms with Crippen LogP contribution in [0.25, 0.3) is 0 Å². The van der Waals surface area contributed by atoms with Crippen molar-refractivity contribution in [3.63, 3.8) is 0 Å². The molecule has 0 radical (unpaired) electrons. The van der Waals surface area contributed by atoms with Crippen molar-refractivity contribution in [2.75, 3.05) is 72.0 Å². The third kappa shape index (κ3) is 8.48. The number of amides is 2. The summed E-state index contributed by atoms with van der Waals surface area (Å²) in [6.07, 6.45) is -0.306. The zero-order valence-corrected chi connectivity index (χ0v) is 26.7. The van der Waals surface area contributed by atoms with Gasteiger partial charge in [-0.1, -0.05) is 6.92 Å². The van der Waals surface area contributed by atoms with Gasteiger partial charge in [0.05, 0.1) is 50.8 Å². The molecule has 2 aromatic carbocycles. The fraction of sp³-hybridized carbons (Fsp3) is 0.548. The van der Waals surface area contributed by atoms with Crippen molar-refractivity contribution < 1.29 is 37.3 Å². The summed E-state index contributed by atoms with van der Waals surface area (Å²) in [6.45, 7) is 7.27. The normalized spacial score (nSPS) is 20.6. The lowest BCUT2D eigenvalue weighted by Crippen LogP contribution is -2.48. The van der Waals surface area contributed by atoms with Gasteiger partial charge in [0.15, 0.2) is 0 Å². The van der Waals surface area contributed by atoms with Crippen molar-refractivity contribution in [2.24, 2.45) is 5.92 Å². The standard InChI is InChI=1S/C31H44N4O8S/c1-22-19-35(23(2)21-36)31(38)18-24-17-25(32-30(37)11-12-34-13-15-42-16-14-34)5-10-28(24)43-29(22)20-33(3)44(39,40)27-8-6-26(41-4)7-9-27/h5-10,17,22-23,29,36H,11-16,18-21H2,1-4H3,(H,32,37)/t22-,23-,29-/m1/s1. The first-order chi connectivity index (χ1) is 21.0. The van der Waals surface area contributed by atoms with Gasteiger partial charge in [-0.2, -0.15) is 4.31 Å². The van der Waals surface area contributed by atoms with E-state index >= 15 is 0 Å². The number of likely N-dealkylation sites (N-methyl/N-ethyl adjacent to an activating group) is 1. The largest absolute Gasteiger partial charge is 0.497 e. The molecule has 1 fully saturated rings. The van der Waals surface area contributed by atoms with Gasteiger partial charge < -0.3 is 29.5 Å². The Morgan fingerprint density at radius 3 is 2.55 bits per heavy atom. The van der Waals surface area contributed by atoms with Gasteiger partial charge in [0.25, 0.3) is 0 Å². The van der Waals surface area contributed by atoms with E-state index in [0.29, 0.717) is 48.9 Å². The van der Waals surface area contributed by atoms with Crippen LogP contribution in [0.3, 0.4) is 0 Å². The van der Waals surface area contributed by atoms with Crippen LogP contribution in [0.15, 0.2) is 47.4 Å². The second-order valence-corrected chi connectivity index (χ2v) is 13.5. The van der Waals surface area contributed by atoms with Crippen molar-refractivity contribution >= 4 is 27.5 Å². The van der Waals surface area contributed by atoms with E-state index in [0.717, 1.165) is 13.1 Å². The fourth-order valence-corrected chi connectivity index (χ4v) is 6.50. The van der Waals surface area contributed by atoms with Crippen molar-refractivity contribution in [3.8, 4) is 11.5 Å².